The van der Waals surface area contributed by atoms with E-state index in [1.54, 1.807) is 0 Å². The van der Waals surface area contributed by atoms with Crippen molar-refractivity contribution in [3.63, 3.8) is 0 Å². The highest BCUT2D eigenvalue weighted by atomic mass is 35.5. The van der Waals surface area contributed by atoms with Gasteiger partial charge in [-0.1, -0.05) is 19.3 Å². The summed E-state index contributed by atoms with van der Waals surface area (Å²) in [5.41, 5.74) is 0.405. The van der Waals surface area contributed by atoms with Gasteiger partial charge in [0, 0.05) is 44.6 Å². The smallest absolute Gasteiger partial charge is 0.122 e. The molecule has 2 heterocycles. The van der Waals surface area contributed by atoms with Crippen LogP contribution in [0.4, 0.5) is 0 Å². The molecule has 1 aromatic rings. The van der Waals surface area contributed by atoms with E-state index < -0.39 is 0 Å². The number of aryl methyl sites for hydroxylation is 1. The van der Waals surface area contributed by atoms with E-state index in [4.69, 9.17) is 0 Å². The van der Waals surface area contributed by atoms with Crippen LogP contribution in [0.15, 0.2) is 12.4 Å². The molecule has 1 aliphatic carbocycles. The van der Waals surface area contributed by atoms with Crippen molar-refractivity contribution in [2.75, 3.05) is 19.6 Å². The van der Waals surface area contributed by atoms with E-state index in [1.807, 2.05) is 12.4 Å². The number of nitrogens with zero attached hydrogens (tertiary/aromatic N) is 3. The fourth-order valence-electron chi connectivity index (χ4n) is 3.55. The van der Waals surface area contributed by atoms with Crippen LogP contribution < -0.4 is 5.32 Å². The minimum Gasteiger partial charge on any atom is -0.337 e. The quantitative estimate of drug-likeness (QED) is 0.901. The van der Waals surface area contributed by atoms with Crippen LogP contribution in [-0.4, -0.2) is 39.6 Å². The zero-order valence-corrected chi connectivity index (χ0v) is 12.6. The van der Waals surface area contributed by atoms with Crippen LogP contribution in [0.1, 0.15) is 37.9 Å². The predicted octanol–water partition coefficient (Wildman–Crippen LogP) is 1.95. The fourth-order valence-corrected chi connectivity index (χ4v) is 3.55. The highest BCUT2D eigenvalue weighted by molar-refractivity contribution is 5.85. The van der Waals surface area contributed by atoms with Crippen LogP contribution in [0.3, 0.4) is 0 Å². The summed E-state index contributed by atoms with van der Waals surface area (Å²) in [7, 11) is 2.10. The first kappa shape index (κ1) is 14.8. The first-order valence-corrected chi connectivity index (χ1v) is 7.22. The van der Waals surface area contributed by atoms with Crippen molar-refractivity contribution in [1.29, 1.82) is 0 Å². The van der Waals surface area contributed by atoms with Gasteiger partial charge in [-0.3, -0.25) is 4.90 Å². The Morgan fingerprint density at radius 3 is 2.79 bits per heavy atom. The Morgan fingerprint density at radius 2 is 2.11 bits per heavy atom. The van der Waals surface area contributed by atoms with Gasteiger partial charge in [0.25, 0.3) is 0 Å². The molecule has 2 fully saturated rings. The molecule has 0 atom stereocenters. The number of halogens is 1. The Kier molecular flexibility index (Phi) is 4.87. The standard InChI is InChI=1S/C14H24N4.ClH/c1-17-9-8-16-13(17)11-18-10-7-15-12-14(18)5-3-2-4-6-14;/h8-9,15H,2-7,10-12H2,1H3;1H. The largest absolute Gasteiger partial charge is 0.337 e. The molecule has 1 aromatic heterocycles. The number of piperazine rings is 1. The van der Waals surface area contributed by atoms with Crippen LogP contribution >= 0.6 is 12.4 Å². The second-order valence-corrected chi connectivity index (χ2v) is 5.84. The summed E-state index contributed by atoms with van der Waals surface area (Å²) in [6.07, 6.45) is 10.8. The maximum absolute atomic E-state index is 4.49. The van der Waals surface area contributed by atoms with E-state index in [0.717, 1.165) is 26.2 Å². The zero-order chi connectivity index (χ0) is 12.4. The predicted molar refractivity (Wildman–Crippen MR) is 79.6 cm³/mol. The molecule has 0 amide bonds. The van der Waals surface area contributed by atoms with Crippen molar-refractivity contribution in [2.24, 2.45) is 7.05 Å². The van der Waals surface area contributed by atoms with Gasteiger partial charge >= 0.3 is 0 Å². The summed E-state index contributed by atoms with van der Waals surface area (Å²) >= 11 is 0. The second kappa shape index (κ2) is 6.25. The molecule has 1 spiro atoms. The van der Waals surface area contributed by atoms with Gasteiger partial charge in [-0.25, -0.2) is 4.98 Å². The molecule has 1 saturated carbocycles. The zero-order valence-electron chi connectivity index (χ0n) is 11.8. The topological polar surface area (TPSA) is 33.1 Å². The minimum absolute atomic E-state index is 0. The van der Waals surface area contributed by atoms with Crippen LogP contribution in [0, 0.1) is 0 Å². The lowest BCUT2D eigenvalue weighted by Gasteiger charge is -2.49. The maximum atomic E-state index is 4.49. The summed E-state index contributed by atoms with van der Waals surface area (Å²) in [4.78, 5) is 7.17. The molecule has 3 rings (SSSR count). The maximum Gasteiger partial charge on any atom is 0.122 e. The third kappa shape index (κ3) is 2.96. The number of imidazole rings is 1. The Morgan fingerprint density at radius 1 is 1.32 bits per heavy atom. The Bertz CT molecular complexity index is 390. The molecular weight excluding hydrogens is 260 g/mol. The van der Waals surface area contributed by atoms with Gasteiger partial charge in [-0.2, -0.15) is 0 Å². The van der Waals surface area contributed by atoms with E-state index >= 15 is 0 Å². The number of hydrogen-bond acceptors (Lipinski definition) is 3. The molecule has 5 heteroatoms. The van der Waals surface area contributed by atoms with Crippen LogP contribution in [0.25, 0.3) is 0 Å². The Balaban J connectivity index is 0.00000133. The summed E-state index contributed by atoms with van der Waals surface area (Å²) in [6.45, 7) is 4.45. The van der Waals surface area contributed by atoms with Crippen molar-refractivity contribution >= 4 is 12.4 Å². The lowest BCUT2D eigenvalue weighted by molar-refractivity contribution is 0.0183. The molecular formula is C14H25ClN4. The lowest BCUT2D eigenvalue weighted by Crippen LogP contribution is -2.61. The number of aromatic nitrogens is 2. The first-order chi connectivity index (χ1) is 8.80. The first-order valence-electron chi connectivity index (χ1n) is 7.22. The van der Waals surface area contributed by atoms with Gasteiger partial charge in [0.15, 0.2) is 0 Å². The van der Waals surface area contributed by atoms with Gasteiger partial charge in [-0.05, 0) is 12.8 Å². The molecule has 0 aromatic carbocycles. The van der Waals surface area contributed by atoms with Gasteiger partial charge in [0.2, 0.25) is 0 Å². The average molecular weight is 285 g/mol. The van der Waals surface area contributed by atoms with Gasteiger partial charge in [-0.15, -0.1) is 12.4 Å². The van der Waals surface area contributed by atoms with Crippen LogP contribution in [-0.2, 0) is 13.6 Å². The van der Waals surface area contributed by atoms with Crippen LogP contribution in [0.5, 0.6) is 0 Å². The monoisotopic (exact) mass is 284 g/mol. The van der Waals surface area contributed by atoms with E-state index in [9.17, 15) is 0 Å². The van der Waals surface area contributed by atoms with Crippen molar-refractivity contribution in [3.8, 4) is 0 Å². The highest BCUT2D eigenvalue weighted by Crippen LogP contribution is 2.35. The van der Waals surface area contributed by atoms with Gasteiger partial charge < -0.3 is 9.88 Å². The molecule has 108 valence electrons. The van der Waals surface area contributed by atoms with Crippen molar-refractivity contribution in [1.82, 2.24) is 19.8 Å². The highest BCUT2D eigenvalue weighted by Gasteiger charge is 2.39. The Labute approximate surface area is 122 Å². The summed E-state index contributed by atoms with van der Waals surface area (Å²) in [5, 5.41) is 3.60. The third-order valence-corrected chi connectivity index (χ3v) is 4.72. The van der Waals surface area contributed by atoms with Gasteiger partial charge in [0.1, 0.15) is 5.82 Å². The van der Waals surface area contributed by atoms with Crippen molar-refractivity contribution < 1.29 is 0 Å². The summed E-state index contributed by atoms with van der Waals surface area (Å²) in [6, 6.07) is 0. The second-order valence-electron chi connectivity index (χ2n) is 5.84. The molecule has 1 N–H and O–H groups in total. The summed E-state index contributed by atoms with van der Waals surface area (Å²) in [5.74, 6) is 1.20. The SMILES string of the molecule is Cl.Cn1ccnc1CN1CCNCC12CCCCC2. The van der Waals surface area contributed by atoms with Crippen LogP contribution in [0.2, 0.25) is 0 Å². The molecule has 1 saturated heterocycles. The molecule has 0 unspecified atom stereocenters. The van der Waals surface area contributed by atoms with E-state index in [1.165, 1.54) is 37.9 Å². The average Bonchev–Trinajstić information content (AvgIpc) is 2.79. The fraction of sp³-hybridized carbons (Fsp3) is 0.786. The Hall–Kier alpha value is -0.580. The van der Waals surface area contributed by atoms with Crippen molar-refractivity contribution in [3.05, 3.63) is 18.2 Å². The van der Waals surface area contributed by atoms with E-state index in [0.29, 0.717) is 5.54 Å². The molecule has 2 aliphatic rings. The van der Waals surface area contributed by atoms with E-state index in [-0.39, 0.29) is 12.4 Å². The normalized spacial score (nSPS) is 23.2. The molecule has 0 bridgehead atoms. The van der Waals surface area contributed by atoms with E-state index in [2.05, 4.69) is 26.8 Å². The molecule has 4 nitrogen and oxygen atoms in total. The minimum atomic E-state index is 0. The number of hydrogen-bond donors (Lipinski definition) is 1. The van der Waals surface area contributed by atoms with Gasteiger partial charge in [0.05, 0.1) is 6.54 Å². The van der Waals surface area contributed by atoms with Crippen molar-refractivity contribution in [2.45, 2.75) is 44.2 Å². The molecule has 1 aliphatic heterocycles. The number of rotatable bonds is 2. The summed E-state index contributed by atoms with van der Waals surface area (Å²) < 4.78 is 2.15. The molecule has 19 heavy (non-hydrogen) atoms. The number of nitrogens with one attached hydrogen (secondary N) is 1. The third-order valence-electron chi connectivity index (χ3n) is 4.72. The lowest BCUT2D eigenvalue weighted by atomic mass is 9.79. The molecule has 0 radical (unpaired) electrons.